The van der Waals surface area contributed by atoms with Crippen molar-refractivity contribution in [3.8, 4) is 17.3 Å². The van der Waals surface area contributed by atoms with Crippen molar-refractivity contribution >= 4 is 23.5 Å². The van der Waals surface area contributed by atoms with E-state index in [1.54, 1.807) is 41.4 Å². The Kier molecular flexibility index (Phi) is 7.83. The number of carbonyl (C=O) groups excluding carboxylic acids is 3. The summed E-state index contributed by atoms with van der Waals surface area (Å²) in [6.45, 7) is 2.47. The first-order valence-electron chi connectivity index (χ1n) is 13.8. The van der Waals surface area contributed by atoms with E-state index in [1.165, 1.54) is 0 Å². The first kappa shape index (κ1) is 27.6. The van der Waals surface area contributed by atoms with Crippen molar-refractivity contribution in [2.45, 2.75) is 51.5 Å². The average molecular weight is 553 g/mol. The molecule has 1 aromatic carbocycles. The third-order valence-corrected chi connectivity index (χ3v) is 7.50. The fraction of sp³-hybridized carbons (Fsp3) is 0.333. The standard InChI is InChI=1S/C30H32N8O3/c1-2-18-12-13-34-24(16-18)35-29(40)21-10-8-20(9-11-21)25-26(27(32)39)38(33)28(36-25)23-5-3-4-14-37(23)30(41)22(17-31)15-19-6-7-19/h8-13,15-16,19,23H,2-7,14,33H2,1H3,(H2,32,39)(H,34,35,40)/b22-15+/t23-/m0/s1. The predicted octanol–water partition coefficient (Wildman–Crippen LogP) is 3.49. The fourth-order valence-electron chi connectivity index (χ4n) is 5.11. The van der Waals surface area contributed by atoms with Crippen molar-refractivity contribution in [1.29, 1.82) is 5.26 Å². The van der Waals surface area contributed by atoms with Crippen molar-refractivity contribution in [2.24, 2.45) is 11.7 Å². The molecule has 11 nitrogen and oxygen atoms in total. The van der Waals surface area contributed by atoms with Gasteiger partial charge in [-0.05, 0) is 74.3 Å². The van der Waals surface area contributed by atoms with Gasteiger partial charge in [-0.2, -0.15) is 5.26 Å². The minimum absolute atomic E-state index is 0.00946. The molecular weight excluding hydrogens is 520 g/mol. The van der Waals surface area contributed by atoms with Gasteiger partial charge in [-0.15, -0.1) is 0 Å². The molecule has 1 aliphatic carbocycles. The highest BCUT2D eigenvalue weighted by atomic mass is 16.2. The van der Waals surface area contributed by atoms with Crippen LogP contribution in [-0.4, -0.2) is 43.8 Å². The van der Waals surface area contributed by atoms with E-state index in [2.05, 4.69) is 16.4 Å². The van der Waals surface area contributed by atoms with E-state index >= 15 is 0 Å². The Labute approximate surface area is 237 Å². The van der Waals surface area contributed by atoms with Crippen LogP contribution in [0.15, 0.2) is 54.2 Å². The molecule has 1 saturated heterocycles. The Bertz CT molecular complexity index is 1560. The minimum atomic E-state index is -0.773. The predicted molar refractivity (Wildman–Crippen MR) is 153 cm³/mol. The number of rotatable bonds is 8. The molecule has 2 aromatic heterocycles. The van der Waals surface area contributed by atoms with Crippen LogP contribution in [0.1, 0.15) is 77.3 Å². The second kappa shape index (κ2) is 11.6. The van der Waals surface area contributed by atoms with Gasteiger partial charge in [-0.3, -0.25) is 14.4 Å². The van der Waals surface area contributed by atoms with Gasteiger partial charge in [0.05, 0.1) is 6.04 Å². The second-order valence-electron chi connectivity index (χ2n) is 10.4. The number of carbonyl (C=O) groups is 3. The number of aromatic nitrogens is 3. The molecule has 3 amide bonds. The van der Waals surface area contributed by atoms with Crippen LogP contribution in [-0.2, 0) is 11.2 Å². The number of nitriles is 1. The van der Waals surface area contributed by atoms with E-state index in [9.17, 15) is 19.6 Å². The maximum atomic E-state index is 13.4. The first-order valence-corrected chi connectivity index (χ1v) is 13.8. The summed E-state index contributed by atoms with van der Waals surface area (Å²) in [6.07, 6.45) is 8.36. The number of pyridine rings is 1. The average Bonchev–Trinajstić information content (AvgIpc) is 3.75. The lowest BCUT2D eigenvalue weighted by Crippen LogP contribution is -2.41. The van der Waals surface area contributed by atoms with Gasteiger partial charge in [-0.1, -0.05) is 25.1 Å². The van der Waals surface area contributed by atoms with Gasteiger partial charge < -0.3 is 21.8 Å². The SMILES string of the molecule is CCc1ccnc(NC(=O)c2ccc(-c3nc([C@@H]4CCCCN4C(=O)/C(C#N)=C/C4CC4)n(N)c3C(N)=O)cc2)c1. The van der Waals surface area contributed by atoms with E-state index in [4.69, 9.17) is 16.6 Å². The number of primary amides is 1. The lowest BCUT2D eigenvalue weighted by Gasteiger charge is -2.35. The molecule has 3 heterocycles. The number of nitrogens with one attached hydrogen (secondary N) is 1. The number of nitrogen functional groups attached to an aromatic ring is 1. The highest BCUT2D eigenvalue weighted by Crippen LogP contribution is 2.36. The van der Waals surface area contributed by atoms with Crippen LogP contribution in [0, 0.1) is 17.2 Å². The summed E-state index contributed by atoms with van der Waals surface area (Å²) in [6, 6.07) is 11.8. The molecule has 5 rings (SSSR count). The van der Waals surface area contributed by atoms with E-state index in [-0.39, 0.29) is 34.7 Å². The molecule has 3 aromatic rings. The second-order valence-corrected chi connectivity index (χ2v) is 10.4. The number of benzene rings is 1. The van der Waals surface area contributed by atoms with Crippen LogP contribution < -0.4 is 16.9 Å². The molecule has 41 heavy (non-hydrogen) atoms. The quantitative estimate of drug-likeness (QED) is 0.218. The van der Waals surface area contributed by atoms with Gasteiger partial charge in [0, 0.05) is 23.9 Å². The molecule has 1 saturated carbocycles. The summed E-state index contributed by atoms with van der Waals surface area (Å²) in [5.74, 6) is 5.96. The summed E-state index contributed by atoms with van der Waals surface area (Å²) in [7, 11) is 0. The molecule has 1 atom stereocenters. The molecule has 0 spiro atoms. The maximum Gasteiger partial charge on any atom is 0.269 e. The number of nitrogens with zero attached hydrogens (tertiary/aromatic N) is 5. The monoisotopic (exact) mass is 552 g/mol. The van der Waals surface area contributed by atoms with Crippen LogP contribution in [0.3, 0.4) is 0 Å². The minimum Gasteiger partial charge on any atom is -0.364 e. The Morgan fingerprint density at radius 2 is 1.90 bits per heavy atom. The van der Waals surface area contributed by atoms with E-state index in [0.29, 0.717) is 35.7 Å². The maximum absolute atomic E-state index is 13.4. The number of imidazole rings is 1. The summed E-state index contributed by atoms with van der Waals surface area (Å²) in [4.78, 5) is 49.2. The molecule has 210 valence electrons. The van der Waals surface area contributed by atoms with Crippen LogP contribution in [0.4, 0.5) is 5.82 Å². The zero-order valence-electron chi connectivity index (χ0n) is 22.8. The molecular formula is C30H32N8O3. The van der Waals surface area contributed by atoms with Crippen molar-refractivity contribution in [2.75, 3.05) is 17.7 Å². The van der Waals surface area contributed by atoms with E-state index in [1.807, 2.05) is 19.1 Å². The Morgan fingerprint density at radius 1 is 1.15 bits per heavy atom. The van der Waals surface area contributed by atoms with Gasteiger partial charge in [-0.25, -0.2) is 14.6 Å². The molecule has 0 bridgehead atoms. The number of allylic oxidation sites excluding steroid dienone is 1. The number of amides is 3. The van der Waals surface area contributed by atoms with Crippen LogP contribution >= 0.6 is 0 Å². The normalized spacial score (nSPS) is 17.1. The smallest absolute Gasteiger partial charge is 0.269 e. The highest BCUT2D eigenvalue weighted by molar-refractivity contribution is 6.04. The lowest BCUT2D eigenvalue weighted by atomic mass is 10.00. The number of hydrogen-bond acceptors (Lipinski definition) is 7. The number of nitrogens with two attached hydrogens (primary N) is 2. The van der Waals surface area contributed by atoms with Gasteiger partial charge in [0.25, 0.3) is 17.7 Å². The number of piperidine rings is 1. The molecule has 0 unspecified atom stereocenters. The van der Waals surface area contributed by atoms with Crippen LogP contribution in [0.2, 0.25) is 0 Å². The summed E-state index contributed by atoms with van der Waals surface area (Å²) >= 11 is 0. The number of anilines is 1. The molecule has 1 aliphatic heterocycles. The Balaban J connectivity index is 1.43. The largest absolute Gasteiger partial charge is 0.364 e. The Hall–Kier alpha value is -4.98. The third-order valence-electron chi connectivity index (χ3n) is 7.50. The lowest BCUT2D eigenvalue weighted by molar-refractivity contribution is -0.130. The highest BCUT2D eigenvalue weighted by Gasteiger charge is 2.36. The van der Waals surface area contributed by atoms with Gasteiger partial charge in [0.1, 0.15) is 23.2 Å². The summed E-state index contributed by atoms with van der Waals surface area (Å²) in [5.41, 5.74) is 8.07. The van der Waals surface area contributed by atoms with Gasteiger partial charge in [0.2, 0.25) is 0 Å². The van der Waals surface area contributed by atoms with Crippen molar-refractivity contribution in [3.05, 3.63) is 76.9 Å². The topological polar surface area (TPSA) is 173 Å². The van der Waals surface area contributed by atoms with Crippen LogP contribution in [0.5, 0.6) is 0 Å². The van der Waals surface area contributed by atoms with Crippen LogP contribution in [0.25, 0.3) is 11.3 Å². The Morgan fingerprint density at radius 3 is 2.56 bits per heavy atom. The molecule has 0 radical (unpaired) electrons. The van der Waals surface area contributed by atoms with Gasteiger partial charge in [0.15, 0.2) is 11.5 Å². The number of likely N-dealkylation sites (tertiary alicyclic amines) is 1. The van der Waals surface area contributed by atoms with Crippen molar-refractivity contribution in [3.63, 3.8) is 0 Å². The summed E-state index contributed by atoms with van der Waals surface area (Å²) in [5, 5.41) is 12.4. The summed E-state index contributed by atoms with van der Waals surface area (Å²) < 4.78 is 1.15. The number of hydrogen-bond donors (Lipinski definition) is 3. The first-order chi connectivity index (χ1) is 19.8. The molecule has 2 aliphatic rings. The number of aryl methyl sites for hydroxylation is 1. The van der Waals surface area contributed by atoms with Crippen molar-refractivity contribution < 1.29 is 14.4 Å². The molecule has 11 heteroatoms. The zero-order valence-corrected chi connectivity index (χ0v) is 22.8. The van der Waals surface area contributed by atoms with E-state index in [0.717, 1.165) is 42.3 Å². The molecule has 5 N–H and O–H groups in total. The van der Waals surface area contributed by atoms with Gasteiger partial charge >= 0.3 is 0 Å². The third kappa shape index (κ3) is 5.82. The zero-order chi connectivity index (χ0) is 29.1. The fourth-order valence-corrected chi connectivity index (χ4v) is 5.11. The van der Waals surface area contributed by atoms with E-state index < -0.39 is 11.9 Å². The van der Waals surface area contributed by atoms with Crippen molar-refractivity contribution in [1.82, 2.24) is 19.5 Å². The molecule has 2 fully saturated rings.